The molecule has 107 valence electrons. The topological polar surface area (TPSA) is 12.5 Å². The number of ether oxygens (including phenoxy) is 1. The van der Waals surface area contributed by atoms with Crippen LogP contribution in [0.1, 0.15) is 19.3 Å². The van der Waals surface area contributed by atoms with E-state index in [0.29, 0.717) is 13.1 Å². The van der Waals surface area contributed by atoms with E-state index in [4.69, 9.17) is 0 Å². The molecule has 0 spiro atoms. The van der Waals surface area contributed by atoms with Crippen molar-refractivity contribution in [1.82, 2.24) is 4.90 Å². The van der Waals surface area contributed by atoms with E-state index < -0.39 is 25.1 Å². The Morgan fingerprint density at radius 3 is 1.83 bits per heavy atom. The molecule has 0 atom stereocenters. The van der Waals surface area contributed by atoms with Crippen molar-refractivity contribution in [3.8, 4) is 0 Å². The van der Waals surface area contributed by atoms with Crippen molar-refractivity contribution in [1.29, 1.82) is 0 Å². The number of alkyl halides is 6. The zero-order valence-electron chi connectivity index (χ0n) is 9.57. The molecule has 1 heterocycles. The summed E-state index contributed by atoms with van der Waals surface area (Å²) in [5, 5.41) is 0. The average Bonchev–Trinajstić information content (AvgIpc) is 2.22. The molecular formula is C10H14F6NO. The predicted molar refractivity (Wildman–Crippen MR) is 51.6 cm³/mol. The highest BCUT2D eigenvalue weighted by Gasteiger charge is 2.59. The fourth-order valence-corrected chi connectivity index (χ4v) is 1.78. The Kier molecular flexibility index (Phi) is 5.27. The van der Waals surface area contributed by atoms with Crippen LogP contribution in [0.15, 0.2) is 0 Å². The third-order valence-corrected chi connectivity index (χ3v) is 2.62. The van der Waals surface area contributed by atoms with Crippen LogP contribution in [0.2, 0.25) is 0 Å². The lowest BCUT2D eigenvalue weighted by molar-refractivity contribution is -0.263. The lowest BCUT2D eigenvalue weighted by Crippen LogP contribution is -2.39. The molecule has 1 aliphatic rings. The summed E-state index contributed by atoms with van der Waals surface area (Å²) in [7, 11) is 0. The van der Waals surface area contributed by atoms with Gasteiger partial charge in [-0.05, 0) is 25.9 Å². The smallest absolute Gasteiger partial charge is 0.354 e. The molecular weight excluding hydrogens is 264 g/mol. The molecule has 2 nitrogen and oxygen atoms in total. The fourth-order valence-electron chi connectivity index (χ4n) is 1.78. The van der Waals surface area contributed by atoms with Crippen molar-refractivity contribution < 1.29 is 31.1 Å². The number of nitrogens with zero attached hydrogens (tertiary/aromatic N) is 1. The van der Waals surface area contributed by atoms with Crippen molar-refractivity contribution in [2.24, 2.45) is 0 Å². The van der Waals surface area contributed by atoms with Gasteiger partial charge in [-0.15, -0.1) is 0 Å². The van der Waals surface area contributed by atoms with Gasteiger partial charge < -0.3 is 9.64 Å². The minimum atomic E-state index is -5.50. The van der Waals surface area contributed by atoms with Gasteiger partial charge in [0.15, 0.2) is 0 Å². The minimum Gasteiger partial charge on any atom is -0.354 e. The predicted octanol–water partition coefficient (Wildman–Crippen LogP) is 3.15. The van der Waals surface area contributed by atoms with Gasteiger partial charge in [-0.2, -0.15) is 26.3 Å². The minimum absolute atomic E-state index is 0.0790. The highest BCUT2D eigenvalue weighted by Crippen LogP contribution is 2.41. The van der Waals surface area contributed by atoms with Crippen molar-refractivity contribution in [3.63, 3.8) is 0 Å². The second-order valence-electron chi connectivity index (χ2n) is 4.08. The van der Waals surface area contributed by atoms with Gasteiger partial charge in [0, 0.05) is 6.54 Å². The summed E-state index contributed by atoms with van der Waals surface area (Å²) < 4.78 is 76.4. The third-order valence-electron chi connectivity index (χ3n) is 2.62. The van der Waals surface area contributed by atoms with Crippen molar-refractivity contribution in [2.45, 2.75) is 31.6 Å². The largest absolute Gasteiger partial charge is 0.430 e. The molecule has 0 N–H and O–H groups in total. The standard InChI is InChI=1S/C10H14F6NO/c11-9(12,13)8(10(14,15)16)18-7-6-17-4-2-1-3-5-17/h1-7H2. The number of hydrogen-bond acceptors (Lipinski definition) is 2. The average molecular weight is 278 g/mol. The normalized spacial score (nSPS) is 19.5. The van der Waals surface area contributed by atoms with Crippen LogP contribution in [0, 0.1) is 6.10 Å². The van der Waals surface area contributed by atoms with Crippen molar-refractivity contribution in [3.05, 3.63) is 6.10 Å². The van der Waals surface area contributed by atoms with Gasteiger partial charge in [-0.25, -0.2) is 0 Å². The van der Waals surface area contributed by atoms with E-state index in [9.17, 15) is 26.3 Å². The molecule has 1 aliphatic heterocycles. The van der Waals surface area contributed by atoms with E-state index in [0.717, 1.165) is 19.3 Å². The summed E-state index contributed by atoms with van der Waals surface area (Å²) in [6.07, 6.45) is -10.9. The van der Waals surface area contributed by atoms with Gasteiger partial charge in [-0.1, -0.05) is 6.42 Å². The number of halogens is 6. The van der Waals surface area contributed by atoms with Gasteiger partial charge in [0.1, 0.15) is 0 Å². The zero-order valence-corrected chi connectivity index (χ0v) is 9.57. The first-order valence-corrected chi connectivity index (χ1v) is 5.58. The highest BCUT2D eigenvalue weighted by atomic mass is 19.4. The van der Waals surface area contributed by atoms with Crippen LogP contribution in [0.4, 0.5) is 26.3 Å². The van der Waals surface area contributed by atoms with Gasteiger partial charge in [-0.3, -0.25) is 0 Å². The van der Waals surface area contributed by atoms with Crippen LogP contribution in [0.25, 0.3) is 0 Å². The lowest BCUT2D eigenvalue weighted by Gasteiger charge is -2.27. The number of hydrogen-bond donors (Lipinski definition) is 0. The van der Waals surface area contributed by atoms with E-state index >= 15 is 0 Å². The van der Waals surface area contributed by atoms with Crippen LogP contribution in [0.5, 0.6) is 0 Å². The van der Waals surface area contributed by atoms with E-state index in [1.165, 1.54) is 0 Å². The zero-order chi connectivity index (χ0) is 13.8. The molecule has 0 aromatic carbocycles. The molecule has 0 aromatic heterocycles. The highest BCUT2D eigenvalue weighted by molar-refractivity contribution is 4.95. The van der Waals surface area contributed by atoms with E-state index in [1.807, 2.05) is 0 Å². The van der Waals surface area contributed by atoms with Crippen molar-refractivity contribution in [2.75, 3.05) is 26.2 Å². The Morgan fingerprint density at radius 1 is 0.889 bits per heavy atom. The molecule has 0 amide bonds. The molecule has 1 radical (unpaired) electrons. The number of piperidine rings is 1. The molecule has 1 fully saturated rings. The van der Waals surface area contributed by atoms with Crippen LogP contribution in [-0.2, 0) is 4.74 Å². The maximum absolute atomic E-state index is 12.1. The molecule has 1 rings (SSSR count). The Bertz CT molecular complexity index is 232. The van der Waals surface area contributed by atoms with Gasteiger partial charge in [0.25, 0.3) is 0 Å². The first-order chi connectivity index (χ1) is 8.21. The van der Waals surface area contributed by atoms with E-state index in [1.54, 1.807) is 4.90 Å². The van der Waals surface area contributed by atoms with Gasteiger partial charge in [0.05, 0.1) is 6.61 Å². The summed E-state index contributed by atoms with van der Waals surface area (Å²) in [6.45, 7) is 0.859. The molecule has 0 aromatic rings. The summed E-state index contributed by atoms with van der Waals surface area (Å²) in [5.41, 5.74) is 0. The van der Waals surface area contributed by atoms with Crippen LogP contribution < -0.4 is 0 Å². The monoisotopic (exact) mass is 278 g/mol. The summed E-state index contributed by atoms with van der Waals surface area (Å²) in [6, 6.07) is 0. The second kappa shape index (κ2) is 6.10. The van der Waals surface area contributed by atoms with Crippen LogP contribution in [-0.4, -0.2) is 43.5 Å². The lowest BCUT2D eigenvalue weighted by atomic mass is 10.1. The molecule has 0 unspecified atom stereocenters. The Labute approximate surface area is 101 Å². The SMILES string of the molecule is FC(F)(F)[C](OCCN1CCCCC1)C(F)(F)F. The molecule has 0 saturated carbocycles. The number of rotatable bonds is 4. The Morgan fingerprint density at radius 2 is 1.39 bits per heavy atom. The quantitative estimate of drug-likeness (QED) is 0.732. The summed E-state index contributed by atoms with van der Waals surface area (Å²) in [4.78, 5) is 1.80. The van der Waals surface area contributed by atoms with E-state index in [2.05, 4.69) is 4.74 Å². The molecule has 8 heteroatoms. The number of likely N-dealkylation sites (tertiary alicyclic amines) is 1. The summed E-state index contributed by atoms with van der Waals surface area (Å²) >= 11 is 0. The van der Waals surface area contributed by atoms with Crippen LogP contribution >= 0.6 is 0 Å². The molecule has 1 saturated heterocycles. The van der Waals surface area contributed by atoms with Gasteiger partial charge in [0.2, 0.25) is 0 Å². The van der Waals surface area contributed by atoms with E-state index in [-0.39, 0.29) is 6.54 Å². The maximum atomic E-state index is 12.1. The van der Waals surface area contributed by atoms with Gasteiger partial charge >= 0.3 is 18.5 Å². The molecule has 0 aliphatic carbocycles. The van der Waals surface area contributed by atoms with Crippen LogP contribution in [0.3, 0.4) is 0 Å². The second-order valence-corrected chi connectivity index (χ2v) is 4.08. The summed E-state index contributed by atoms with van der Waals surface area (Å²) in [5.74, 6) is 0. The first-order valence-electron chi connectivity index (χ1n) is 5.58. The first kappa shape index (κ1) is 15.6. The Hall–Kier alpha value is -0.500. The fraction of sp³-hybridized carbons (Fsp3) is 0.900. The molecule has 0 bridgehead atoms. The Balaban J connectivity index is 2.38. The molecule has 18 heavy (non-hydrogen) atoms. The maximum Gasteiger partial charge on any atom is 0.430 e. The third kappa shape index (κ3) is 5.01. The van der Waals surface area contributed by atoms with Crippen molar-refractivity contribution >= 4 is 0 Å².